The minimum Gasteiger partial charge on any atom is -0.497 e. The Morgan fingerprint density at radius 2 is 1.66 bits per heavy atom. The maximum Gasteiger partial charge on any atom is 0.261 e. The van der Waals surface area contributed by atoms with Crippen molar-refractivity contribution in [2.45, 2.75) is 32.4 Å². The Morgan fingerprint density at radius 1 is 1.03 bits per heavy atom. The second kappa shape index (κ2) is 9.31. The minimum absolute atomic E-state index is 0.00825. The van der Waals surface area contributed by atoms with E-state index in [0.29, 0.717) is 24.5 Å². The van der Waals surface area contributed by atoms with Crippen LogP contribution in [0.15, 0.2) is 48.5 Å². The highest BCUT2D eigenvalue weighted by molar-refractivity contribution is 7.91. The number of sulfone groups is 1. The molecule has 1 amide bonds. The molecule has 156 valence electrons. The molecule has 1 aliphatic rings. The topological polar surface area (TPSA) is 72.9 Å². The molecule has 1 aliphatic heterocycles. The number of methoxy groups -OCH3 is 1. The van der Waals surface area contributed by atoms with Crippen LogP contribution >= 0.6 is 0 Å². The molecule has 1 fully saturated rings. The molecule has 0 spiro atoms. The molecule has 0 radical (unpaired) electrons. The fourth-order valence-electron chi connectivity index (χ4n) is 3.42. The number of ether oxygens (including phenoxy) is 2. The van der Waals surface area contributed by atoms with Crippen molar-refractivity contribution in [3.8, 4) is 11.5 Å². The zero-order valence-corrected chi connectivity index (χ0v) is 17.7. The van der Waals surface area contributed by atoms with Gasteiger partial charge in [0, 0.05) is 12.6 Å². The Balaban J connectivity index is 1.71. The zero-order chi connectivity index (χ0) is 20.9. The van der Waals surface area contributed by atoms with E-state index in [1.165, 1.54) is 5.56 Å². The maximum atomic E-state index is 12.9. The van der Waals surface area contributed by atoms with E-state index in [-0.39, 0.29) is 30.1 Å². The molecule has 3 rings (SSSR count). The van der Waals surface area contributed by atoms with Gasteiger partial charge in [0.15, 0.2) is 16.4 Å². The lowest BCUT2D eigenvalue weighted by atomic mass is 10.1. The van der Waals surface area contributed by atoms with Gasteiger partial charge in [0.1, 0.15) is 11.5 Å². The first-order valence-electron chi connectivity index (χ1n) is 9.75. The van der Waals surface area contributed by atoms with Gasteiger partial charge in [-0.15, -0.1) is 0 Å². The van der Waals surface area contributed by atoms with Crippen LogP contribution in [0.4, 0.5) is 0 Å². The maximum absolute atomic E-state index is 12.9. The van der Waals surface area contributed by atoms with Crippen molar-refractivity contribution >= 4 is 15.7 Å². The van der Waals surface area contributed by atoms with E-state index in [9.17, 15) is 13.2 Å². The molecular formula is C22H27NO5S. The summed E-state index contributed by atoms with van der Waals surface area (Å²) in [4.78, 5) is 14.6. The van der Waals surface area contributed by atoms with Crippen LogP contribution in [0.25, 0.3) is 0 Å². The number of benzene rings is 2. The standard InChI is InChI=1S/C22H27NO5S/c1-3-17-4-6-18(7-5-17)14-23(19-12-13-29(25,26)16-19)22(24)15-28-21-10-8-20(27-2)9-11-21/h4-11,19H,3,12-16H2,1-2H3. The van der Waals surface area contributed by atoms with Gasteiger partial charge in [-0.2, -0.15) is 0 Å². The summed E-state index contributed by atoms with van der Waals surface area (Å²) in [6.45, 7) is 2.32. The van der Waals surface area contributed by atoms with Crippen molar-refractivity contribution in [2.75, 3.05) is 25.2 Å². The third-order valence-electron chi connectivity index (χ3n) is 5.18. The van der Waals surface area contributed by atoms with Crippen LogP contribution in [-0.2, 0) is 27.6 Å². The van der Waals surface area contributed by atoms with Gasteiger partial charge in [0.2, 0.25) is 0 Å². The first-order valence-corrected chi connectivity index (χ1v) is 11.6. The predicted octanol–water partition coefficient (Wildman–Crippen LogP) is 2.85. The van der Waals surface area contributed by atoms with E-state index in [0.717, 1.165) is 12.0 Å². The molecule has 0 N–H and O–H groups in total. The van der Waals surface area contributed by atoms with Gasteiger partial charge in [-0.3, -0.25) is 4.79 Å². The quantitative estimate of drug-likeness (QED) is 0.660. The first kappa shape index (κ1) is 21.2. The lowest BCUT2D eigenvalue weighted by Crippen LogP contribution is -2.43. The number of hydrogen-bond donors (Lipinski definition) is 0. The Kier molecular flexibility index (Phi) is 6.79. The Morgan fingerprint density at radius 3 is 2.21 bits per heavy atom. The summed E-state index contributed by atoms with van der Waals surface area (Å²) in [7, 11) is -1.52. The molecule has 0 aromatic heterocycles. The molecule has 0 bridgehead atoms. The van der Waals surface area contributed by atoms with Crippen LogP contribution in [0.5, 0.6) is 11.5 Å². The number of amides is 1. The number of carbonyl (C=O) groups is 1. The molecule has 0 saturated carbocycles. The Labute approximate surface area is 172 Å². The summed E-state index contributed by atoms with van der Waals surface area (Å²) in [6, 6.07) is 14.7. The van der Waals surface area contributed by atoms with Crippen LogP contribution in [0.1, 0.15) is 24.5 Å². The summed E-state index contributed by atoms with van der Waals surface area (Å²) in [5.41, 5.74) is 2.20. The largest absolute Gasteiger partial charge is 0.497 e. The van der Waals surface area contributed by atoms with Gasteiger partial charge in [0.05, 0.1) is 18.6 Å². The van der Waals surface area contributed by atoms with Gasteiger partial charge in [-0.1, -0.05) is 31.2 Å². The lowest BCUT2D eigenvalue weighted by Gasteiger charge is -2.28. The zero-order valence-electron chi connectivity index (χ0n) is 16.8. The Bertz CT molecular complexity index is 923. The number of carbonyl (C=O) groups excluding carboxylic acids is 1. The van der Waals surface area contributed by atoms with Crippen molar-refractivity contribution in [2.24, 2.45) is 0 Å². The molecule has 6 nitrogen and oxygen atoms in total. The molecule has 2 aromatic rings. The van der Waals surface area contributed by atoms with Gasteiger partial charge in [-0.25, -0.2) is 8.42 Å². The molecular weight excluding hydrogens is 390 g/mol. The Hall–Kier alpha value is -2.54. The summed E-state index contributed by atoms with van der Waals surface area (Å²) in [5.74, 6) is 1.18. The molecule has 1 unspecified atom stereocenters. The number of hydrogen-bond acceptors (Lipinski definition) is 5. The summed E-state index contributed by atoms with van der Waals surface area (Å²) in [6.07, 6.45) is 1.41. The van der Waals surface area contributed by atoms with E-state index < -0.39 is 9.84 Å². The molecule has 0 aliphatic carbocycles. The van der Waals surface area contributed by atoms with E-state index in [1.54, 1.807) is 36.3 Å². The lowest BCUT2D eigenvalue weighted by molar-refractivity contribution is -0.136. The second-order valence-corrected chi connectivity index (χ2v) is 9.44. The van der Waals surface area contributed by atoms with Crippen molar-refractivity contribution in [1.82, 2.24) is 4.90 Å². The van der Waals surface area contributed by atoms with E-state index in [1.807, 2.05) is 24.3 Å². The summed E-state index contributed by atoms with van der Waals surface area (Å²) < 4.78 is 34.7. The highest BCUT2D eigenvalue weighted by Gasteiger charge is 2.34. The number of rotatable bonds is 8. The average molecular weight is 418 g/mol. The highest BCUT2D eigenvalue weighted by atomic mass is 32.2. The van der Waals surface area contributed by atoms with Crippen molar-refractivity contribution in [3.63, 3.8) is 0 Å². The van der Waals surface area contributed by atoms with Crippen LogP contribution in [-0.4, -0.2) is 50.5 Å². The summed E-state index contributed by atoms with van der Waals surface area (Å²) >= 11 is 0. The summed E-state index contributed by atoms with van der Waals surface area (Å²) in [5, 5.41) is 0. The van der Waals surface area contributed by atoms with E-state index in [2.05, 4.69) is 6.92 Å². The fraction of sp³-hybridized carbons (Fsp3) is 0.409. The fourth-order valence-corrected chi connectivity index (χ4v) is 5.15. The average Bonchev–Trinajstić information content (AvgIpc) is 3.10. The number of aryl methyl sites for hydroxylation is 1. The van der Waals surface area contributed by atoms with Gasteiger partial charge in [-0.05, 0) is 48.2 Å². The molecule has 1 heterocycles. The normalized spacial score (nSPS) is 17.7. The van der Waals surface area contributed by atoms with Crippen molar-refractivity contribution in [3.05, 3.63) is 59.7 Å². The van der Waals surface area contributed by atoms with Gasteiger partial charge >= 0.3 is 0 Å². The van der Waals surface area contributed by atoms with E-state index >= 15 is 0 Å². The van der Waals surface area contributed by atoms with Crippen LogP contribution in [0, 0.1) is 0 Å². The van der Waals surface area contributed by atoms with Crippen LogP contribution < -0.4 is 9.47 Å². The molecule has 2 aromatic carbocycles. The predicted molar refractivity (Wildman–Crippen MR) is 112 cm³/mol. The van der Waals surface area contributed by atoms with Crippen LogP contribution in [0.3, 0.4) is 0 Å². The smallest absolute Gasteiger partial charge is 0.261 e. The van der Waals surface area contributed by atoms with Gasteiger partial charge < -0.3 is 14.4 Å². The third kappa shape index (κ3) is 5.73. The second-order valence-electron chi connectivity index (χ2n) is 7.21. The third-order valence-corrected chi connectivity index (χ3v) is 6.93. The molecule has 7 heteroatoms. The first-order chi connectivity index (χ1) is 13.9. The monoisotopic (exact) mass is 417 g/mol. The minimum atomic E-state index is -3.10. The van der Waals surface area contributed by atoms with E-state index in [4.69, 9.17) is 9.47 Å². The van der Waals surface area contributed by atoms with Crippen LogP contribution in [0.2, 0.25) is 0 Å². The molecule has 1 saturated heterocycles. The van der Waals surface area contributed by atoms with Crippen molar-refractivity contribution in [1.29, 1.82) is 0 Å². The number of nitrogens with zero attached hydrogens (tertiary/aromatic N) is 1. The highest BCUT2D eigenvalue weighted by Crippen LogP contribution is 2.22. The van der Waals surface area contributed by atoms with Gasteiger partial charge in [0.25, 0.3) is 5.91 Å². The molecule has 29 heavy (non-hydrogen) atoms. The molecule has 1 atom stereocenters. The SMILES string of the molecule is CCc1ccc(CN(C(=O)COc2ccc(OC)cc2)C2CCS(=O)(=O)C2)cc1. The van der Waals surface area contributed by atoms with Crippen molar-refractivity contribution < 1.29 is 22.7 Å².